The molecule has 2 aliphatic heterocycles. The van der Waals surface area contributed by atoms with E-state index in [1.54, 1.807) is 4.90 Å². The number of hydrogen-bond donors (Lipinski definition) is 2. The number of likely N-dealkylation sites (tertiary alicyclic amines) is 1. The van der Waals surface area contributed by atoms with Gasteiger partial charge in [0.2, 0.25) is 11.8 Å². The average Bonchev–Trinajstić information content (AvgIpc) is 3.42. The molecule has 4 rings (SSSR count). The van der Waals surface area contributed by atoms with Crippen molar-refractivity contribution in [2.45, 2.75) is 91.3 Å². The molecule has 232 valence electrons. The Morgan fingerprint density at radius 2 is 1.65 bits per heavy atom. The highest BCUT2D eigenvalue weighted by atomic mass is 16.6. The molecule has 0 unspecified atom stereocenters. The Labute approximate surface area is 254 Å². The molecule has 4 atom stereocenters. The quantitative estimate of drug-likeness (QED) is 0.469. The zero-order valence-corrected chi connectivity index (χ0v) is 25.8. The first-order chi connectivity index (χ1) is 20.5. The molecule has 1 fully saturated rings. The van der Waals surface area contributed by atoms with Gasteiger partial charge in [-0.25, -0.2) is 9.59 Å². The summed E-state index contributed by atoms with van der Waals surface area (Å²) in [5.74, 6) is -0.744. The van der Waals surface area contributed by atoms with Crippen molar-refractivity contribution in [2.75, 3.05) is 13.1 Å². The standard InChI is InChI=1S/C33H44N4O6/c1-6-22(2)34-29(38)27-18-26(43-32(41)36-17-16-24-14-10-11-15-25(24)19-36)20-37(27)30(39)28(33(3,4)5)35-31(40)42-21-23-12-8-7-9-13-23/h7-15,22,26-28H,6,16-21H2,1-5H3,(H,34,38)(H,35,40)/t22-,26-,27+,28-/m1/s1. The van der Waals surface area contributed by atoms with Gasteiger partial charge in [-0.2, -0.15) is 0 Å². The Hall–Kier alpha value is -4.08. The maximum absolute atomic E-state index is 14.1. The highest BCUT2D eigenvalue weighted by molar-refractivity contribution is 5.92. The lowest BCUT2D eigenvalue weighted by molar-refractivity contribution is -0.142. The minimum atomic E-state index is -0.984. The van der Waals surface area contributed by atoms with Crippen LogP contribution >= 0.6 is 0 Å². The second-order valence-corrected chi connectivity index (χ2v) is 12.5. The first-order valence-corrected chi connectivity index (χ1v) is 15.1. The van der Waals surface area contributed by atoms with Gasteiger partial charge in [0.05, 0.1) is 6.54 Å². The summed E-state index contributed by atoms with van der Waals surface area (Å²) in [6.07, 6.45) is -0.248. The zero-order chi connectivity index (χ0) is 31.1. The van der Waals surface area contributed by atoms with Gasteiger partial charge in [-0.3, -0.25) is 9.59 Å². The molecular formula is C33H44N4O6. The van der Waals surface area contributed by atoms with Gasteiger partial charge in [0.1, 0.15) is 24.8 Å². The fourth-order valence-corrected chi connectivity index (χ4v) is 5.38. The third-order valence-electron chi connectivity index (χ3n) is 8.09. The molecule has 2 aromatic carbocycles. The minimum Gasteiger partial charge on any atom is -0.445 e. The van der Waals surface area contributed by atoms with Crippen molar-refractivity contribution in [1.29, 1.82) is 0 Å². The summed E-state index contributed by atoms with van der Waals surface area (Å²) in [4.78, 5) is 56.5. The number of fused-ring (bicyclic) bond motifs is 1. The largest absolute Gasteiger partial charge is 0.445 e. The Balaban J connectivity index is 1.47. The Kier molecular flexibility index (Phi) is 10.3. The van der Waals surface area contributed by atoms with Crippen LogP contribution in [0.25, 0.3) is 0 Å². The van der Waals surface area contributed by atoms with Crippen LogP contribution in [0.5, 0.6) is 0 Å². The van der Waals surface area contributed by atoms with Crippen molar-refractivity contribution in [3.63, 3.8) is 0 Å². The number of amides is 4. The van der Waals surface area contributed by atoms with Crippen molar-refractivity contribution in [3.05, 3.63) is 71.3 Å². The van der Waals surface area contributed by atoms with Crippen molar-refractivity contribution < 1.29 is 28.7 Å². The second kappa shape index (κ2) is 13.9. The SMILES string of the molecule is CC[C@@H](C)NC(=O)[C@@H]1C[C@@H](OC(=O)N2CCc3ccccc3C2)CN1C(=O)[C@@H](NC(=O)OCc1ccccc1)C(C)(C)C. The smallest absolute Gasteiger partial charge is 0.410 e. The summed E-state index contributed by atoms with van der Waals surface area (Å²) in [6.45, 7) is 10.4. The number of carbonyl (C=O) groups excluding carboxylic acids is 4. The van der Waals surface area contributed by atoms with Crippen LogP contribution in [0, 0.1) is 5.41 Å². The highest BCUT2D eigenvalue weighted by Gasteiger charge is 2.46. The third-order valence-corrected chi connectivity index (χ3v) is 8.09. The van der Waals surface area contributed by atoms with Crippen molar-refractivity contribution in [1.82, 2.24) is 20.4 Å². The predicted octanol–water partition coefficient (Wildman–Crippen LogP) is 4.41. The maximum Gasteiger partial charge on any atom is 0.410 e. The molecule has 0 saturated carbocycles. The number of hydrogen-bond acceptors (Lipinski definition) is 6. The fraction of sp³-hybridized carbons (Fsp3) is 0.515. The molecule has 0 bridgehead atoms. The van der Waals surface area contributed by atoms with Gasteiger partial charge in [-0.05, 0) is 41.9 Å². The van der Waals surface area contributed by atoms with E-state index < -0.39 is 41.7 Å². The van der Waals surface area contributed by atoms with Gasteiger partial charge in [0.25, 0.3) is 0 Å². The third kappa shape index (κ3) is 8.27. The van der Waals surface area contributed by atoms with Crippen LogP contribution in [0.1, 0.15) is 64.2 Å². The molecule has 2 aromatic rings. The van der Waals surface area contributed by atoms with Gasteiger partial charge in [-0.15, -0.1) is 0 Å². The maximum atomic E-state index is 14.1. The Morgan fingerprint density at radius 1 is 0.977 bits per heavy atom. The molecule has 4 amide bonds. The summed E-state index contributed by atoms with van der Waals surface area (Å²) >= 11 is 0. The minimum absolute atomic E-state index is 0.0426. The van der Waals surface area contributed by atoms with E-state index in [-0.39, 0.29) is 31.5 Å². The van der Waals surface area contributed by atoms with Crippen molar-refractivity contribution >= 4 is 24.0 Å². The number of alkyl carbamates (subject to hydrolysis) is 1. The molecule has 0 aromatic heterocycles. The van der Waals surface area contributed by atoms with Crippen LogP contribution in [0.2, 0.25) is 0 Å². The monoisotopic (exact) mass is 592 g/mol. The van der Waals surface area contributed by atoms with Gasteiger partial charge in [0, 0.05) is 25.6 Å². The van der Waals surface area contributed by atoms with Gasteiger partial charge >= 0.3 is 12.2 Å². The first kappa shape index (κ1) is 31.8. The molecule has 10 nitrogen and oxygen atoms in total. The molecule has 0 aliphatic carbocycles. The highest BCUT2D eigenvalue weighted by Crippen LogP contribution is 2.28. The topological polar surface area (TPSA) is 117 Å². The molecule has 0 spiro atoms. The lowest BCUT2D eigenvalue weighted by atomic mass is 9.85. The number of ether oxygens (including phenoxy) is 2. The Bertz CT molecular complexity index is 1290. The molecular weight excluding hydrogens is 548 g/mol. The lowest BCUT2D eigenvalue weighted by Gasteiger charge is -2.35. The van der Waals surface area contributed by atoms with Crippen LogP contribution in [-0.2, 0) is 38.6 Å². The summed E-state index contributed by atoms with van der Waals surface area (Å²) in [5, 5.41) is 5.70. The van der Waals surface area contributed by atoms with Crippen LogP contribution in [0.15, 0.2) is 54.6 Å². The molecule has 43 heavy (non-hydrogen) atoms. The normalized spacial score (nSPS) is 19.6. The average molecular weight is 593 g/mol. The number of carbonyl (C=O) groups is 4. The van der Waals surface area contributed by atoms with E-state index in [0.29, 0.717) is 13.1 Å². The predicted molar refractivity (Wildman–Crippen MR) is 162 cm³/mol. The molecule has 1 saturated heterocycles. The lowest BCUT2D eigenvalue weighted by Crippen LogP contribution is -2.58. The fourth-order valence-electron chi connectivity index (χ4n) is 5.38. The number of rotatable bonds is 8. The van der Waals surface area contributed by atoms with E-state index >= 15 is 0 Å². The van der Waals surface area contributed by atoms with Gasteiger partial charge in [-0.1, -0.05) is 82.3 Å². The van der Waals surface area contributed by atoms with E-state index in [0.717, 1.165) is 24.0 Å². The van der Waals surface area contributed by atoms with E-state index in [9.17, 15) is 19.2 Å². The van der Waals surface area contributed by atoms with E-state index in [2.05, 4.69) is 16.7 Å². The first-order valence-electron chi connectivity index (χ1n) is 15.1. The van der Waals surface area contributed by atoms with Crippen LogP contribution in [0.3, 0.4) is 0 Å². The molecule has 2 N–H and O–H groups in total. The summed E-state index contributed by atoms with van der Waals surface area (Å²) in [7, 11) is 0. The number of nitrogens with zero attached hydrogens (tertiary/aromatic N) is 2. The van der Waals surface area contributed by atoms with Crippen LogP contribution in [0.4, 0.5) is 9.59 Å². The second-order valence-electron chi connectivity index (χ2n) is 12.5. The molecule has 10 heteroatoms. The van der Waals surface area contributed by atoms with Crippen LogP contribution < -0.4 is 10.6 Å². The van der Waals surface area contributed by atoms with E-state index in [1.165, 1.54) is 10.5 Å². The van der Waals surface area contributed by atoms with E-state index in [4.69, 9.17) is 9.47 Å². The molecule has 0 radical (unpaired) electrons. The molecule has 2 aliphatic rings. The van der Waals surface area contributed by atoms with E-state index in [1.807, 2.05) is 83.1 Å². The van der Waals surface area contributed by atoms with Crippen LogP contribution in [-0.4, -0.2) is 71.1 Å². The van der Waals surface area contributed by atoms with Crippen molar-refractivity contribution in [2.24, 2.45) is 5.41 Å². The van der Waals surface area contributed by atoms with Gasteiger partial charge < -0.3 is 29.9 Å². The summed E-state index contributed by atoms with van der Waals surface area (Å²) in [6, 6.07) is 15.3. The Morgan fingerprint density at radius 3 is 2.33 bits per heavy atom. The number of nitrogens with one attached hydrogen (secondary N) is 2. The zero-order valence-electron chi connectivity index (χ0n) is 25.8. The van der Waals surface area contributed by atoms with Gasteiger partial charge in [0.15, 0.2) is 0 Å². The van der Waals surface area contributed by atoms with Crippen molar-refractivity contribution in [3.8, 4) is 0 Å². The number of benzene rings is 2. The molecule has 2 heterocycles. The summed E-state index contributed by atoms with van der Waals surface area (Å²) in [5.41, 5.74) is 2.42. The summed E-state index contributed by atoms with van der Waals surface area (Å²) < 4.78 is 11.3.